The molecule has 0 radical (unpaired) electrons. The number of amides is 1. The molecule has 3 aromatic rings. The monoisotopic (exact) mass is 377 g/mol. The molecule has 28 heavy (non-hydrogen) atoms. The lowest BCUT2D eigenvalue weighted by Gasteiger charge is -2.15. The van der Waals surface area contributed by atoms with E-state index < -0.39 is 6.10 Å². The molecule has 1 aromatic carbocycles. The SMILES string of the molecule is CC(Oc1ccc2c(c1)OCO2)C(=O)NCc1ccc(-c2cccnc2)nc1. The smallest absolute Gasteiger partial charge is 0.261 e. The standard InChI is InChI=1S/C21H19N3O4/c1-14(28-17-5-7-19-20(9-17)27-13-26-19)21(25)24-11-15-4-6-18(23-10-15)16-3-2-8-22-12-16/h2-10,12,14H,11,13H2,1H3,(H,24,25). The van der Waals surface area contributed by atoms with Gasteiger partial charge in [0.25, 0.3) is 5.91 Å². The molecule has 0 bridgehead atoms. The van der Waals surface area contributed by atoms with Crippen LogP contribution in [0, 0.1) is 0 Å². The number of hydrogen-bond donors (Lipinski definition) is 1. The van der Waals surface area contributed by atoms with E-state index in [2.05, 4.69) is 15.3 Å². The van der Waals surface area contributed by atoms with Crippen molar-refractivity contribution in [3.63, 3.8) is 0 Å². The molecule has 1 amide bonds. The summed E-state index contributed by atoms with van der Waals surface area (Å²) >= 11 is 0. The van der Waals surface area contributed by atoms with Crippen LogP contribution in [0.5, 0.6) is 17.2 Å². The molecule has 1 N–H and O–H groups in total. The number of aromatic nitrogens is 2. The predicted octanol–water partition coefficient (Wildman–Crippen LogP) is 2.96. The summed E-state index contributed by atoms with van der Waals surface area (Å²) in [5.41, 5.74) is 2.68. The van der Waals surface area contributed by atoms with Gasteiger partial charge in [-0.15, -0.1) is 0 Å². The van der Waals surface area contributed by atoms with Gasteiger partial charge in [0.15, 0.2) is 17.6 Å². The van der Waals surface area contributed by atoms with E-state index in [1.807, 2.05) is 24.3 Å². The van der Waals surface area contributed by atoms with Gasteiger partial charge in [-0.3, -0.25) is 14.8 Å². The van der Waals surface area contributed by atoms with Gasteiger partial charge >= 0.3 is 0 Å². The quantitative estimate of drug-likeness (QED) is 0.711. The van der Waals surface area contributed by atoms with Crippen LogP contribution in [-0.4, -0.2) is 28.8 Å². The molecule has 142 valence electrons. The Labute approximate surface area is 162 Å². The number of benzene rings is 1. The van der Waals surface area contributed by atoms with Gasteiger partial charge in [-0.2, -0.15) is 0 Å². The zero-order valence-electron chi connectivity index (χ0n) is 15.3. The van der Waals surface area contributed by atoms with Crippen LogP contribution in [-0.2, 0) is 11.3 Å². The first-order valence-electron chi connectivity index (χ1n) is 8.88. The van der Waals surface area contributed by atoms with Crippen LogP contribution in [0.15, 0.2) is 61.1 Å². The summed E-state index contributed by atoms with van der Waals surface area (Å²) in [6.45, 7) is 2.26. The van der Waals surface area contributed by atoms with Crippen LogP contribution in [0.1, 0.15) is 12.5 Å². The molecule has 2 aromatic heterocycles. The minimum Gasteiger partial charge on any atom is -0.481 e. The van der Waals surface area contributed by atoms with Crippen molar-refractivity contribution in [1.29, 1.82) is 0 Å². The number of carbonyl (C=O) groups is 1. The fraction of sp³-hybridized carbons (Fsp3) is 0.190. The van der Waals surface area contributed by atoms with Gasteiger partial charge in [-0.25, -0.2) is 0 Å². The lowest BCUT2D eigenvalue weighted by Crippen LogP contribution is -2.35. The molecular weight excluding hydrogens is 358 g/mol. The molecule has 7 nitrogen and oxygen atoms in total. The normalized spacial score (nSPS) is 13.0. The van der Waals surface area contributed by atoms with Crippen LogP contribution >= 0.6 is 0 Å². The maximum atomic E-state index is 12.3. The Bertz CT molecular complexity index is 961. The first-order valence-corrected chi connectivity index (χ1v) is 8.88. The van der Waals surface area contributed by atoms with Gasteiger partial charge in [0.05, 0.1) is 5.69 Å². The Kier molecular flexibility index (Phi) is 5.05. The van der Waals surface area contributed by atoms with Gasteiger partial charge in [0, 0.05) is 36.8 Å². The Morgan fingerprint density at radius 2 is 2.07 bits per heavy atom. The third-order valence-corrected chi connectivity index (χ3v) is 4.27. The maximum absolute atomic E-state index is 12.3. The molecule has 1 aliphatic heterocycles. The fourth-order valence-electron chi connectivity index (χ4n) is 2.75. The molecule has 4 rings (SSSR count). The van der Waals surface area contributed by atoms with Crippen molar-refractivity contribution in [2.75, 3.05) is 6.79 Å². The number of nitrogens with one attached hydrogen (secondary N) is 1. The average molecular weight is 377 g/mol. The molecule has 1 aliphatic rings. The molecule has 0 spiro atoms. The largest absolute Gasteiger partial charge is 0.481 e. The summed E-state index contributed by atoms with van der Waals surface area (Å²) in [6.07, 6.45) is 4.58. The minimum atomic E-state index is -0.650. The summed E-state index contributed by atoms with van der Waals surface area (Å²) in [5.74, 6) is 1.62. The molecule has 0 saturated heterocycles. The molecule has 0 fully saturated rings. The highest BCUT2D eigenvalue weighted by Gasteiger charge is 2.18. The number of ether oxygens (including phenoxy) is 3. The van der Waals surface area contributed by atoms with Crippen molar-refractivity contribution in [1.82, 2.24) is 15.3 Å². The van der Waals surface area contributed by atoms with E-state index >= 15 is 0 Å². The third-order valence-electron chi connectivity index (χ3n) is 4.27. The van der Waals surface area contributed by atoms with Crippen molar-refractivity contribution in [2.45, 2.75) is 19.6 Å². The second-order valence-corrected chi connectivity index (χ2v) is 6.29. The van der Waals surface area contributed by atoms with Gasteiger partial charge in [0.2, 0.25) is 6.79 Å². The van der Waals surface area contributed by atoms with Crippen LogP contribution < -0.4 is 19.5 Å². The summed E-state index contributed by atoms with van der Waals surface area (Å²) in [4.78, 5) is 20.8. The first-order chi connectivity index (χ1) is 13.7. The number of rotatable bonds is 6. The third kappa shape index (κ3) is 4.03. The van der Waals surface area contributed by atoms with Gasteiger partial charge in [-0.05, 0) is 42.8 Å². The maximum Gasteiger partial charge on any atom is 0.261 e. The second kappa shape index (κ2) is 7.96. The van der Waals surface area contributed by atoms with Crippen molar-refractivity contribution in [2.24, 2.45) is 0 Å². The summed E-state index contributed by atoms with van der Waals surface area (Å²) in [7, 11) is 0. The number of carbonyl (C=O) groups excluding carboxylic acids is 1. The summed E-state index contributed by atoms with van der Waals surface area (Å²) in [6, 6.07) is 12.9. The Morgan fingerprint density at radius 1 is 1.18 bits per heavy atom. The van der Waals surface area contributed by atoms with Crippen LogP contribution in [0.25, 0.3) is 11.3 Å². The van der Waals surface area contributed by atoms with Crippen molar-refractivity contribution in [3.05, 3.63) is 66.6 Å². The fourth-order valence-corrected chi connectivity index (χ4v) is 2.75. The van der Waals surface area contributed by atoms with Crippen LogP contribution in [0.4, 0.5) is 0 Å². The van der Waals surface area contributed by atoms with E-state index in [0.717, 1.165) is 16.8 Å². The predicted molar refractivity (Wildman–Crippen MR) is 102 cm³/mol. The Hall–Kier alpha value is -3.61. The van der Waals surface area contributed by atoms with Gasteiger partial charge < -0.3 is 19.5 Å². The van der Waals surface area contributed by atoms with Crippen LogP contribution in [0.3, 0.4) is 0 Å². The number of hydrogen-bond acceptors (Lipinski definition) is 6. The first kappa shape index (κ1) is 17.8. The minimum absolute atomic E-state index is 0.197. The Balaban J connectivity index is 1.31. The lowest BCUT2D eigenvalue weighted by atomic mass is 10.1. The van der Waals surface area contributed by atoms with E-state index in [1.54, 1.807) is 43.7 Å². The van der Waals surface area contributed by atoms with E-state index in [9.17, 15) is 4.79 Å². The zero-order valence-corrected chi connectivity index (χ0v) is 15.3. The summed E-state index contributed by atoms with van der Waals surface area (Å²) < 4.78 is 16.3. The summed E-state index contributed by atoms with van der Waals surface area (Å²) in [5, 5.41) is 2.86. The van der Waals surface area contributed by atoms with Crippen molar-refractivity contribution in [3.8, 4) is 28.5 Å². The molecular formula is C21H19N3O4. The molecule has 7 heteroatoms. The number of nitrogens with zero attached hydrogens (tertiary/aromatic N) is 2. The second-order valence-electron chi connectivity index (χ2n) is 6.29. The van der Waals surface area contributed by atoms with Crippen molar-refractivity contribution >= 4 is 5.91 Å². The highest BCUT2D eigenvalue weighted by molar-refractivity contribution is 5.80. The topological polar surface area (TPSA) is 82.6 Å². The lowest BCUT2D eigenvalue weighted by molar-refractivity contribution is -0.127. The molecule has 3 heterocycles. The van der Waals surface area contributed by atoms with Crippen LogP contribution in [0.2, 0.25) is 0 Å². The molecule has 0 saturated carbocycles. The molecule has 1 atom stereocenters. The van der Waals surface area contributed by atoms with Gasteiger partial charge in [-0.1, -0.05) is 6.07 Å². The van der Waals surface area contributed by atoms with E-state index in [1.165, 1.54) is 0 Å². The van der Waals surface area contributed by atoms with Gasteiger partial charge in [0.1, 0.15) is 5.75 Å². The molecule has 1 unspecified atom stereocenters. The number of fused-ring (bicyclic) bond motifs is 1. The van der Waals surface area contributed by atoms with Crippen molar-refractivity contribution < 1.29 is 19.0 Å². The van der Waals surface area contributed by atoms with E-state index in [-0.39, 0.29) is 12.7 Å². The highest BCUT2D eigenvalue weighted by Crippen LogP contribution is 2.35. The zero-order chi connectivity index (χ0) is 19.3. The van der Waals surface area contributed by atoms with E-state index in [0.29, 0.717) is 23.8 Å². The van der Waals surface area contributed by atoms with E-state index in [4.69, 9.17) is 14.2 Å². The average Bonchev–Trinajstić information content (AvgIpc) is 3.21. The molecule has 0 aliphatic carbocycles. The number of pyridine rings is 2. The highest BCUT2D eigenvalue weighted by atomic mass is 16.7. The Morgan fingerprint density at radius 3 is 2.86 bits per heavy atom.